The van der Waals surface area contributed by atoms with Crippen LogP contribution in [-0.2, 0) is 35.0 Å². The molecule has 0 saturated heterocycles. The molecule has 1 aromatic carbocycles. The molecule has 1 aromatic heterocycles. The van der Waals surface area contributed by atoms with Crippen molar-refractivity contribution in [1.29, 1.82) is 0 Å². The van der Waals surface area contributed by atoms with E-state index in [-0.39, 0.29) is 32.5 Å². The maximum Gasteiger partial charge on any atom is 0.408 e. The van der Waals surface area contributed by atoms with Gasteiger partial charge in [0, 0.05) is 29.9 Å². The number of esters is 2. The minimum atomic E-state index is -1.09. The fraction of sp³-hybridized carbons (Fsp3) is 0.613. The number of H-pyrrole nitrogens is 1. The van der Waals surface area contributed by atoms with Crippen LogP contribution in [0.1, 0.15) is 79.7 Å². The maximum absolute atomic E-state index is 13.1. The molecule has 2 atom stereocenters. The number of rotatable bonds is 15. The van der Waals surface area contributed by atoms with Crippen LogP contribution >= 0.6 is 0 Å². The fourth-order valence-electron chi connectivity index (χ4n) is 3.95. The Labute approximate surface area is 243 Å². The quantitative estimate of drug-likeness (QED) is 0.200. The Kier molecular flexibility index (Phi) is 13.2. The lowest BCUT2D eigenvalue weighted by Gasteiger charge is -2.23. The number of benzene rings is 1. The Morgan fingerprint density at radius 3 is 2.00 bits per heavy atom. The van der Waals surface area contributed by atoms with Gasteiger partial charge in [0.15, 0.2) is 0 Å². The molecule has 228 valence electrons. The normalized spacial score (nSPS) is 13.1. The Hall–Kier alpha value is -3.56. The van der Waals surface area contributed by atoms with Gasteiger partial charge in [-0.1, -0.05) is 45.9 Å². The van der Waals surface area contributed by atoms with Crippen LogP contribution in [0.4, 0.5) is 4.79 Å². The number of alkyl carbamates (subject to hydrolysis) is 1. The molecule has 1 heterocycles. The van der Waals surface area contributed by atoms with E-state index in [0.717, 1.165) is 16.5 Å². The number of hydrogen-bond acceptors (Lipinski definition) is 7. The molecule has 2 amide bonds. The third kappa shape index (κ3) is 12.7. The minimum Gasteiger partial charge on any atom is -0.464 e. The lowest BCUT2D eigenvalue weighted by molar-refractivity contribution is -0.149. The van der Waals surface area contributed by atoms with Crippen LogP contribution in [0.15, 0.2) is 30.5 Å². The van der Waals surface area contributed by atoms with Crippen LogP contribution < -0.4 is 10.6 Å². The van der Waals surface area contributed by atoms with E-state index in [4.69, 9.17) is 14.2 Å². The van der Waals surface area contributed by atoms with E-state index in [0.29, 0.717) is 24.7 Å². The molecule has 0 radical (unpaired) electrons. The molecule has 0 fully saturated rings. The van der Waals surface area contributed by atoms with E-state index in [1.807, 2.05) is 58.2 Å². The van der Waals surface area contributed by atoms with Crippen molar-refractivity contribution in [3.8, 4) is 0 Å². The molecule has 3 N–H and O–H groups in total. The zero-order chi connectivity index (χ0) is 30.6. The number of hydrogen-bond donors (Lipinski definition) is 3. The molecule has 2 aromatic rings. The third-order valence-electron chi connectivity index (χ3n) is 6.23. The van der Waals surface area contributed by atoms with Gasteiger partial charge in [0.2, 0.25) is 5.91 Å². The molecule has 0 aliphatic heterocycles. The monoisotopic (exact) mass is 573 g/mol. The van der Waals surface area contributed by atoms with Crippen LogP contribution in [-0.4, -0.2) is 59.8 Å². The number of nitrogens with one attached hydrogen (secondary N) is 3. The van der Waals surface area contributed by atoms with E-state index < -0.39 is 41.6 Å². The predicted molar refractivity (Wildman–Crippen MR) is 157 cm³/mol. The van der Waals surface area contributed by atoms with Gasteiger partial charge in [-0.15, -0.1) is 0 Å². The van der Waals surface area contributed by atoms with Crippen LogP contribution in [0.2, 0.25) is 0 Å². The largest absolute Gasteiger partial charge is 0.464 e. The zero-order valence-corrected chi connectivity index (χ0v) is 25.5. The lowest BCUT2D eigenvalue weighted by Crippen LogP contribution is -2.46. The summed E-state index contributed by atoms with van der Waals surface area (Å²) in [5.74, 6) is -0.936. The Bertz CT molecular complexity index is 1150. The number of amides is 2. The van der Waals surface area contributed by atoms with E-state index >= 15 is 0 Å². The number of fused-ring (bicyclic) bond motifs is 1. The lowest BCUT2D eigenvalue weighted by atomic mass is 10.0. The average molecular weight is 574 g/mol. The molecule has 0 spiro atoms. The molecular weight excluding hydrogens is 526 g/mol. The van der Waals surface area contributed by atoms with Crippen molar-refractivity contribution in [2.45, 2.75) is 98.3 Å². The minimum absolute atomic E-state index is 0.0339. The van der Waals surface area contributed by atoms with Crippen molar-refractivity contribution in [2.75, 3.05) is 13.2 Å². The van der Waals surface area contributed by atoms with Gasteiger partial charge < -0.3 is 29.8 Å². The van der Waals surface area contributed by atoms with Gasteiger partial charge in [-0.3, -0.25) is 4.79 Å². The highest BCUT2D eigenvalue weighted by molar-refractivity contribution is 5.88. The predicted octanol–water partition coefficient (Wildman–Crippen LogP) is 5.05. The van der Waals surface area contributed by atoms with Crippen LogP contribution in [0.5, 0.6) is 0 Å². The molecule has 10 heteroatoms. The standard InChI is InChI=1S/C31H47N3O7/c1-20(2)14-16-39-28(36)25(34-30(38)41-31(5,6)7)12-13-27(35)33-26(29(37)40-17-15-21(3)4)18-22-19-32-24-11-9-8-10-23(22)24/h8-11,19-21,25-26,32H,12-18H2,1-7H3,(H,33,35)(H,34,38)/t25-,26-/m1/s1. The van der Waals surface area contributed by atoms with Crippen molar-refractivity contribution < 1.29 is 33.4 Å². The molecular formula is C31H47N3O7. The summed E-state index contributed by atoms with van der Waals surface area (Å²) in [6.07, 6.45) is 2.47. The summed E-state index contributed by atoms with van der Waals surface area (Å²) in [5.41, 5.74) is 1.02. The van der Waals surface area contributed by atoms with E-state index in [1.165, 1.54) is 0 Å². The first kappa shape index (κ1) is 33.6. The van der Waals surface area contributed by atoms with Crippen molar-refractivity contribution in [3.05, 3.63) is 36.0 Å². The highest BCUT2D eigenvalue weighted by Crippen LogP contribution is 2.20. The molecule has 0 unspecified atom stereocenters. The SMILES string of the molecule is CC(C)CCOC(=O)[C@@H](Cc1c[nH]c2ccccc12)NC(=O)CC[C@@H](NC(=O)OC(C)(C)C)C(=O)OCCC(C)C. The van der Waals surface area contributed by atoms with Gasteiger partial charge in [0.1, 0.15) is 17.7 Å². The highest BCUT2D eigenvalue weighted by Gasteiger charge is 2.28. The fourth-order valence-corrected chi connectivity index (χ4v) is 3.95. The van der Waals surface area contributed by atoms with E-state index in [1.54, 1.807) is 20.8 Å². The van der Waals surface area contributed by atoms with Crippen molar-refractivity contribution >= 4 is 34.8 Å². The number of ether oxygens (including phenoxy) is 3. The maximum atomic E-state index is 13.1. The Morgan fingerprint density at radius 1 is 0.829 bits per heavy atom. The van der Waals surface area contributed by atoms with Crippen molar-refractivity contribution in [2.24, 2.45) is 11.8 Å². The number of carbonyl (C=O) groups is 4. The molecule has 0 bridgehead atoms. The number of para-hydroxylation sites is 1. The first-order chi connectivity index (χ1) is 19.2. The van der Waals surface area contributed by atoms with Gasteiger partial charge in [-0.05, 0) is 63.5 Å². The number of carbonyl (C=O) groups excluding carboxylic acids is 4. The molecule has 10 nitrogen and oxygen atoms in total. The van der Waals surface area contributed by atoms with Gasteiger partial charge in [-0.2, -0.15) is 0 Å². The van der Waals surface area contributed by atoms with Crippen LogP contribution in [0, 0.1) is 11.8 Å². The molecule has 2 rings (SSSR count). The third-order valence-corrected chi connectivity index (χ3v) is 6.23. The van der Waals surface area contributed by atoms with Gasteiger partial charge in [-0.25, -0.2) is 14.4 Å². The second-order valence-electron chi connectivity index (χ2n) is 12.1. The van der Waals surface area contributed by atoms with Crippen LogP contribution in [0.25, 0.3) is 10.9 Å². The summed E-state index contributed by atoms with van der Waals surface area (Å²) in [4.78, 5) is 54.4. The molecule has 0 saturated carbocycles. The summed E-state index contributed by atoms with van der Waals surface area (Å²) in [7, 11) is 0. The van der Waals surface area contributed by atoms with Gasteiger partial charge >= 0.3 is 18.0 Å². The molecule has 0 aliphatic rings. The Balaban J connectivity index is 2.10. The molecule has 41 heavy (non-hydrogen) atoms. The number of aromatic nitrogens is 1. The second kappa shape index (κ2) is 16.0. The summed E-state index contributed by atoms with van der Waals surface area (Å²) < 4.78 is 16.1. The van der Waals surface area contributed by atoms with Crippen LogP contribution in [0.3, 0.4) is 0 Å². The summed E-state index contributed by atoms with van der Waals surface area (Å²) in [6, 6.07) is 5.69. The first-order valence-electron chi connectivity index (χ1n) is 14.4. The second-order valence-corrected chi connectivity index (χ2v) is 12.1. The number of aromatic amines is 1. The van der Waals surface area contributed by atoms with Gasteiger partial charge in [0.05, 0.1) is 13.2 Å². The summed E-state index contributed by atoms with van der Waals surface area (Å²) in [5, 5.41) is 6.26. The smallest absolute Gasteiger partial charge is 0.408 e. The first-order valence-corrected chi connectivity index (χ1v) is 14.4. The summed E-state index contributed by atoms with van der Waals surface area (Å²) >= 11 is 0. The topological polar surface area (TPSA) is 136 Å². The zero-order valence-electron chi connectivity index (χ0n) is 25.5. The van der Waals surface area contributed by atoms with Crippen molar-refractivity contribution in [1.82, 2.24) is 15.6 Å². The highest BCUT2D eigenvalue weighted by atomic mass is 16.6. The van der Waals surface area contributed by atoms with Crippen molar-refractivity contribution in [3.63, 3.8) is 0 Å². The average Bonchev–Trinajstić information content (AvgIpc) is 3.27. The van der Waals surface area contributed by atoms with Gasteiger partial charge in [0.25, 0.3) is 0 Å². The van der Waals surface area contributed by atoms with E-state index in [2.05, 4.69) is 15.6 Å². The molecule has 0 aliphatic carbocycles. The summed E-state index contributed by atoms with van der Waals surface area (Å²) in [6.45, 7) is 13.7. The Morgan fingerprint density at radius 2 is 1.41 bits per heavy atom. The van der Waals surface area contributed by atoms with E-state index in [9.17, 15) is 19.2 Å².